The number of hydrogen-bond acceptors (Lipinski definition) is 4. The molecule has 1 aliphatic rings. The third kappa shape index (κ3) is 5.64. The van der Waals surface area contributed by atoms with Crippen LogP contribution in [0.2, 0.25) is 0 Å². The van der Waals surface area contributed by atoms with Gasteiger partial charge in [0.05, 0.1) is 23.0 Å². The lowest BCUT2D eigenvalue weighted by Crippen LogP contribution is -1.99. The minimum atomic E-state index is 0.700. The van der Waals surface area contributed by atoms with E-state index >= 15 is 0 Å². The molecule has 0 saturated carbocycles. The Morgan fingerprint density at radius 3 is 2.47 bits per heavy atom. The number of allylic oxidation sites excluding steroid dienone is 5. The second-order valence-corrected chi connectivity index (χ2v) is 9.35. The topological polar surface area (TPSA) is 60.7 Å². The van der Waals surface area contributed by atoms with Gasteiger partial charge < -0.3 is 10.6 Å². The molecular formula is C32H32N4. The minimum Gasteiger partial charge on any atom is -0.341 e. The molecule has 2 aromatic carbocycles. The molecule has 0 aliphatic carbocycles. The van der Waals surface area contributed by atoms with E-state index in [0.717, 1.165) is 52.4 Å². The van der Waals surface area contributed by atoms with E-state index < -0.39 is 0 Å². The summed E-state index contributed by atoms with van der Waals surface area (Å²) in [5, 5.41) is 15.5. The van der Waals surface area contributed by atoms with Crippen molar-refractivity contribution in [1.82, 2.24) is 4.98 Å². The molecule has 180 valence electrons. The first-order valence-electron chi connectivity index (χ1n) is 12.2. The molecule has 4 heteroatoms. The normalized spacial score (nSPS) is 12.6. The van der Waals surface area contributed by atoms with Crippen LogP contribution in [0.4, 0.5) is 11.4 Å². The van der Waals surface area contributed by atoms with Gasteiger partial charge in [-0.1, -0.05) is 48.6 Å². The summed E-state index contributed by atoms with van der Waals surface area (Å²) in [7, 11) is 0. The third-order valence-electron chi connectivity index (χ3n) is 6.36. The molecule has 1 aromatic heterocycles. The zero-order chi connectivity index (χ0) is 25.7. The summed E-state index contributed by atoms with van der Waals surface area (Å²) in [6.45, 7) is 12.5. The van der Waals surface area contributed by atoms with Crippen LogP contribution in [0.25, 0.3) is 11.1 Å². The first kappa shape index (κ1) is 24.8. The molecule has 1 aliphatic heterocycles. The van der Waals surface area contributed by atoms with Gasteiger partial charge in [0.25, 0.3) is 0 Å². The van der Waals surface area contributed by atoms with Crippen LogP contribution in [0, 0.1) is 18.3 Å². The maximum atomic E-state index is 8.93. The molecule has 0 atom stereocenters. The smallest absolute Gasteiger partial charge is 0.100 e. The lowest BCUT2D eigenvalue weighted by molar-refractivity contribution is 1.00. The van der Waals surface area contributed by atoms with Crippen LogP contribution in [0.15, 0.2) is 90.9 Å². The van der Waals surface area contributed by atoms with E-state index in [1.165, 1.54) is 22.3 Å². The zero-order valence-electron chi connectivity index (χ0n) is 21.4. The Morgan fingerprint density at radius 1 is 1.00 bits per heavy atom. The fourth-order valence-corrected chi connectivity index (χ4v) is 4.38. The highest BCUT2D eigenvalue weighted by molar-refractivity contribution is 5.89. The maximum absolute atomic E-state index is 8.93. The highest BCUT2D eigenvalue weighted by Gasteiger charge is 2.17. The zero-order valence-corrected chi connectivity index (χ0v) is 21.4. The standard InChI is InChI=1S/C32H32N4/c1-21(2)32(27-15-16-30-31(18-27)36-24(5)35-30)29-17-28(20-34-23(29)4)22(3)9-7-6-8-10-25-11-13-26(19-33)14-12-25/h6-7,9,11-18,20,35-36H,5,8,10H2,1-4H3/b7-6-,22-9+. The molecule has 0 amide bonds. The van der Waals surface area contributed by atoms with Crippen molar-refractivity contribution in [3.63, 3.8) is 0 Å². The number of nitrogens with one attached hydrogen (secondary N) is 2. The van der Waals surface area contributed by atoms with Gasteiger partial charge in [-0.15, -0.1) is 0 Å². The molecule has 0 radical (unpaired) electrons. The summed E-state index contributed by atoms with van der Waals surface area (Å²) < 4.78 is 0. The average Bonchev–Trinajstić information content (AvgIpc) is 3.24. The Morgan fingerprint density at radius 2 is 1.75 bits per heavy atom. The van der Waals surface area contributed by atoms with E-state index in [4.69, 9.17) is 10.2 Å². The highest BCUT2D eigenvalue weighted by atomic mass is 15.2. The van der Waals surface area contributed by atoms with E-state index in [-0.39, 0.29) is 0 Å². The van der Waals surface area contributed by atoms with Gasteiger partial charge in [-0.2, -0.15) is 5.26 Å². The molecule has 0 bridgehead atoms. The van der Waals surface area contributed by atoms with Gasteiger partial charge in [-0.3, -0.25) is 4.98 Å². The molecule has 2 heterocycles. The number of benzene rings is 2. The Kier molecular flexibility index (Phi) is 7.51. The summed E-state index contributed by atoms with van der Waals surface area (Å²) in [5.41, 5.74) is 12.1. The molecule has 4 nitrogen and oxygen atoms in total. The molecular weight excluding hydrogens is 440 g/mol. The van der Waals surface area contributed by atoms with Crippen LogP contribution in [0.3, 0.4) is 0 Å². The number of anilines is 2. The van der Waals surface area contributed by atoms with Gasteiger partial charge in [0.1, 0.15) is 5.82 Å². The van der Waals surface area contributed by atoms with E-state index in [2.05, 4.69) is 93.5 Å². The summed E-state index contributed by atoms with van der Waals surface area (Å²) in [6.07, 6.45) is 10.3. The molecule has 0 fully saturated rings. The van der Waals surface area contributed by atoms with Crippen molar-refractivity contribution in [3.8, 4) is 6.07 Å². The van der Waals surface area contributed by atoms with Crippen molar-refractivity contribution in [2.45, 2.75) is 40.5 Å². The number of fused-ring (bicyclic) bond motifs is 1. The molecule has 3 aromatic rings. The van der Waals surface area contributed by atoms with Crippen LogP contribution in [-0.2, 0) is 6.42 Å². The minimum absolute atomic E-state index is 0.700. The highest BCUT2D eigenvalue weighted by Crippen LogP contribution is 2.36. The lowest BCUT2D eigenvalue weighted by atomic mass is 9.91. The van der Waals surface area contributed by atoms with Crippen LogP contribution >= 0.6 is 0 Å². The van der Waals surface area contributed by atoms with Crippen molar-refractivity contribution < 1.29 is 0 Å². The summed E-state index contributed by atoms with van der Waals surface area (Å²) in [4.78, 5) is 4.75. The fourth-order valence-electron chi connectivity index (χ4n) is 4.38. The molecule has 0 unspecified atom stereocenters. The first-order valence-corrected chi connectivity index (χ1v) is 12.2. The summed E-state index contributed by atoms with van der Waals surface area (Å²) in [6, 6.07) is 18.6. The number of rotatable bonds is 7. The van der Waals surface area contributed by atoms with E-state index in [1.54, 1.807) is 0 Å². The van der Waals surface area contributed by atoms with Crippen molar-refractivity contribution >= 4 is 22.5 Å². The quantitative estimate of drug-likeness (QED) is 0.342. The van der Waals surface area contributed by atoms with Gasteiger partial charge in [0, 0.05) is 17.5 Å². The summed E-state index contributed by atoms with van der Waals surface area (Å²) >= 11 is 0. The van der Waals surface area contributed by atoms with Crippen molar-refractivity contribution in [2.75, 3.05) is 10.6 Å². The predicted octanol–water partition coefficient (Wildman–Crippen LogP) is 8.00. The monoisotopic (exact) mass is 472 g/mol. The van der Waals surface area contributed by atoms with Crippen molar-refractivity contribution in [1.29, 1.82) is 5.26 Å². The van der Waals surface area contributed by atoms with Crippen molar-refractivity contribution in [3.05, 3.63) is 124 Å². The first-order chi connectivity index (χ1) is 17.4. The van der Waals surface area contributed by atoms with E-state index in [0.29, 0.717) is 5.56 Å². The van der Waals surface area contributed by atoms with Gasteiger partial charge >= 0.3 is 0 Å². The second kappa shape index (κ2) is 10.9. The van der Waals surface area contributed by atoms with Gasteiger partial charge in [0.15, 0.2) is 0 Å². The van der Waals surface area contributed by atoms with Crippen LogP contribution < -0.4 is 10.6 Å². The Balaban J connectivity index is 1.52. The summed E-state index contributed by atoms with van der Waals surface area (Å²) in [5.74, 6) is 0.798. The van der Waals surface area contributed by atoms with Gasteiger partial charge in [-0.05, 0) is 98.7 Å². The van der Waals surface area contributed by atoms with Crippen LogP contribution in [-0.4, -0.2) is 4.98 Å². The Hall–Kier alpha value is -4.36. The number of nitrogens with zero attached hydrogens (tertiary/aromatic N) is 2. The SMILES string of the molecule is C=C1Nc2ccc(C(=C(C)C)c3cc(/C(C)=C/C=C\CCc4ccc(C#N)cc4)cnc3C)cc2N1. The van der Waals surface area contributed by atoms with Gasteiger partial charge in [0.2, 0.25) is 0 Å². The van der Waals surface area contributed by atoms with Gasteiger partial charge in [-0.25, -0.2) is 0 Å². The Bertz CT molecular complexity index is 1430. The molecule has 0 spiro atoms. The number of pyridine rings is 1. The van der Waals surface area contributed by atoms with Crippen LogP contribution in [0.1, 0.15) is 60.7 Å². The second-order valence-electron chi connectivity index (χ2n) is 9.35. The molecule has 4 rings (SSSR count). The lowest BCUT2D eigenvalue weighted by Gasteiger charge is -2.16. The largest absolute Gasteiger partial charge is 0.341 e. The number of aryl methyl sites for hydroxylation is 2. The van der Waals surface area contributed by atoms with E-state index in [9.17, 15) is 0 Å². The molecule has 36 heavy (non-hydrogen) atoms. The predicted molar refractivity (Wildman–Crippen MR) is 151 cm³/mol. The fraction of sp³-hybridized carbons (Fsp3) is 0.188. The number of hydrogen-bond donors (Lipinski definition) is 2. The Labute approximate surface area is 214 Å². The third-order valence-corrected chi connectivity index (χ3v) is 6.36. The number of aromatic nitrogens is 1. The molecule has 2 N–H and O–H groups in total. The van der Waals surface area contributed by atoms with Crippen molar-refractivity contribution in [2.24, 2.45) is 0 Å². The van der Waals surface area contributed by atoms with E-state index in [1.807, 2.05) is 30.5 Å². The molecule has 0 saturated heterocycles. The van der Waals surface area contributed by atoms with Crippen LogP contribution in [0.5, 0.6) is 0 Å². The maximum Gasteiger partial charge on any atom is 0.100 e. The average molecular weight is 473 g/mol. The number of nitriles is 1.